The maximum Gasteiger partial charge on any atom is 0.355 e. The number of aryl methyl sites for hydroxylation is 1. The number of phenols is 1. The minimum absolute atomic E-state index is 0.0256. The first-order valence-electron chi connectivity index (χ1n) is 24.0. The van der Waals surface area contributed by atoms with Crippen molar-refractivity contribution in [3.05, 3.63) is 90.0 Å². The van der Waals surface area contributed by atoms with Gasteiger partial charge in [0.25, 0.3) is 5.91 Å². The average Bonchev–Trinajstić information content (AvgIpc) is 3.98. The van der Waals surface area contributed by atoms with Crippen LogP contribution < -0.4 is 10.7 Å². The van der Waals surface area contributed by atoms with Gasteiger partial charge in [-0.1, -0.05) is 70.7 Å². The normalized spacial score (nSPS) is 23.6. The van der Waals surface area contributed by atoms with Crippen LogP contribution in [0.5, 0.6) is 5.75 Å². The molecule has 8 rings (SSSR count). The van der Waals surface area contributed by atoms with Gasteiger partial charge in [-0.25, -0.2) is 4.79 Å². The average molecular weight is 931 g/mol. The molecule has 1 spiro atoms. The molecule has 0 unspecified atom stereocenters. The summed E-state index contributed by atoms with van der Waals surface area (Å²) in [4.78, 5) is 73.6. The summed E-state index contributed by atoms with van der Waals surface area (Å²) in [5, 5.41) is 28.4. The largest absolute Gasteiger partial charge is 0.508 e. The summed E-state index contributed by atoms with van der Waals surface area (Å²) >= 11 is 0. The Morgan fingerprint density at radius 3 is 2.51 bits per heavy atom. The predicted molar refractivity (Wildman–Crippen MR) is 258 cm³/mol. The maximum atomic E-state index is 14.8. The molecule has 68 heavy (non-hydrogen) atoms. The minimum Gasteiger partial charge on any atom is -0.508 e. The van der Waals surface area contributed by atoms with Gasteiger partial charge >= 0.3 is 5.97 Å². The number of hydrazine groups is 1. The number of hydrogen-bond donors (Lipinski definition) is 4. The number of likely N-dealkylation sites (tertiary alicyclic amines) is 2. The highest BCUT2D eigenvalue weighted by Crippen LogP contribution is 2.44. The van der Waals surface area contributed by atoms with E-state index in [9.17, 15) is 34.2 Å². The number of methoxy groups -OCH3 is 1. The van der Waals surface area contributed by atoms with Crippen LogP contribution in [0.4, 0.5) is 0 Å². The molecule has 15 nitrogen and oxygen atoms in total. The number of aliphatic hydroxyl groups is 1. The number of benzene rings is 3. The summed E-state index contributed by atoms with van der Waals surface area (Å²) in [7, 11) is 1.69. The molecular weight excluding hydrogens is 865 g/mol. The number of amides is 4. The number of carbonyl (C=O) groups is 5. The molecule has 1 aromatic heterocycles. The summed E-state index contributed by atoms with van der Waals surface area (Å²) in [6, 6.07) is 17.5. The van der Waals surface area contributed by atoms with Crippen LogP contribution >= 0.6 is 0 Å². The van der Waals surface area contributed by atoms with Gasteiger partial charge in [-0.05, 0) is 103 Å². The number of ether oxygens (including phenoxy) is 2. The van der Waals surface area contributed by atoms with Crippen molar-refractivity contribution in [1.82, 2.24) is 30.1 Å². The van der Waals surface area contributed by atoms with Crippen LogP contribution in [-0.4, -0.2) is 123 Å². The van der Waals surface area contributed by atoms with E-state index in [4.69, 9.17) is 9.47 Å². The Kier molecular flexibility index (Phi) is 13.6. The lowest BCUT2D eigenvalue weighted by atomic mass is 9.83. The molecule has 4 amide bonds. The molecule has 3 aromatic carbocycles. The number of nitrogens with zero attached hydrogens (tertiary/aromatic N) is 4. The third kappa shape index (κ3) is 9.27. The molecule has 0 aliphatic carbocycles. The van der Waals surface area contributed by atoms with Crippen molar-refractivity contribution in [2.24, 2.45) is 16.7 Å². The molecule has 3 saturated heterocycles. The van der Waals surface area contributed by atoms with Crippen molar-refractivity contribution in [2.75, 3.05) is 46.5 Å². The van der Waals surface area contributed by atoms with E-state index in [2.05, 4.69) is 53.1 Å². The predicted octanol–water partition coefficient (Wildman–Crippen LogP) is 5.52. The highest BCUT2D eigenvalue weighted by molar-refractivity contribution is 5.97. The van der Waals surface area contributed by atoms with E-state index in [0.717, 1.165) is 38.9 Å². The molecule has 4 aliphatic rings. The fourth-order valence-electron chi connectivity index (χ4n) is 11.0. The second kappa shape index (κ2) is 19.2. The van der Waals surface area contributed by atoms with Crippen molar-refractivity contribution < 1.29 is 43.7 Å². The first-order chi connectivity index (χ1) is 32.4. The van der Waals surface area contributed by atoms with Gasteiger partial charge in [0, 0.05) is 74.6 Å². The molecule has 0 saturated carbocycles. The highest BCUT2D eigenvalue weighted by Gasteiger charge is 2.54. The first kappa shape index (κ1) is 48.4. The number of phenolic OH excluding ortho intramolecular Hbond substituents is 1. The van der Waals surface area contributed by atoms with Gasteiger partial charge in [0.2, 0.25) is 23.4 Å². The van der Waals surface area contributed by atoms with Crippen molar-refractivity contribution >= 4 is 40.5 Å². The van der Waals surface area contributed by atoms with Crippen LogP contribution in [0.2, 0.25) is 0 Å². The molecule has 5 heterocycles. The van der Waals surface area contributed by atoms with E-state index in [0.29, 0.717) is 63.1 Å². The Labute approximate surface area is 398 Å². The van der Waals surface area contributed by atoms with Gasteiger partial charge in [-0.3, -0.25) is 24.2 Å². The minimum atomic E-state index is -2.25. The number of nitrogens with one attached hydrogen (secondary N) is 2. The summed E-state index contributed by atoms with van der Waals surface area (Å²) < 4.78 is 13.8. The van der Waals surface area contributed by atoms with Crippen molar-refractivity contribution in [3.8, 4) is 28.1 Å². The molecule has 4 aromatic rings. The third-order valence-electron chi connectivity index (χ3n) is 14.4. The van der Waals surface area contributed by atoms with Crippen LogP contribution in [0.3, 0.4) is 0 Å². The molecule has 4 aliphatic heterocycles. The first-order valence-corrected chi connectivity index (χ1v) is 24.0. The Bertz CT molecular complexity index is 2640. The lowest BCUT2D eigenvalue weighted by Gasteiger charge is -2.40. The van der Waals surface area contributed by atoms with Crippen LogP contribution in [0.15, 0.2) is 73.3 Å². The lowest BCUT2D eigenvalue weighted by Crippen LogP contribution is -2.67. The summed E-state index contributed by atoms with van der Waals surface area (Å²) in [5.74, 6) is -2.94. The zero-order chi connectivity index (χ0) is 48.7. The van der Waals surface area contributed by atoms with E-state index in [1.54, 1.807) is 29.0 Å². The number of aromatic nitrogens is 1. The standard InChI is InChI=1S/C53H66N6O9/c1-8-44(61)56-22-19-52(31-56)20-23-58(49(52)64)45(33(3)4)47(62)54-42-27-34-25-37(28-38(60)26-34)36-15-16-43-40(29-36)41(46(57(43)9-2)39-14-11-10-13-35(39)17-24-67-7)30-51(5,6)32-68-50(65)53(66)18-12-21-59(55-53)48(42)63/h8,10-11,13-16,25-26,28-29,33,42,45,55,60,66H,1,9,12,17-24,27,30-32H2,2-7H3,(H,54,62)/t42-,45-,52+,53-/m0/s1. The highest BCUT2D eigenvalue weighted by atomic mass is 16.6. The molecule has 4 N–H and O–H groups in total. The van der Waals surface area contributed by atoms with Crippen molar-refractivity contribution in [2.45, 2.75) is 104 Å². The number of aromatic hydroxyl groups is 1. The SMILES string of the molecule is C=CC(=O)N1CC[C@@]2(CCN([C@H](C(=O)N[C@H]3Cc4cc(O)cc(c4)-c4ccc5c(c4)c(c(-c4ccccc4CCOC)n5CC)CC(C)(C)COC(=O)[C@@]4(O)CCCN(N4)C3=O)C(C)C)C2=O)C1. The van der Waals surface area contributed by atoms with E-state index in [1.807, 2.05) is 52.0 Å². The fourth-order valence-corrected chi connectivity index (χ4v) is 11.0. The second-order valence-electron chi connectivity index (χ2n) is 20.3. The summed E-state index contributed by atoms with van der Waals surface area (Å²) in [6.07, 6.45) is 3.54. The molecule has 362 valence electrons. The van der Waals surface area contributed by atoms with Crippen LogP contribution in [0.25, 0.3) is 33.3 Å². The Morgan fingerprint density at radius 1 is 1.01 bits per heavy atom. The van der Waals surface area contributed by atoms with E-state index in [1.165, 1.54) is 11.1 Å². The van der Waals surface area contributed by atoms with Crippen LogP contribution in [0.1, 0.15) is 77.0 Å². The Balaban J connectivity index is 1.21. The van der Waals surface area contributed by atoms with E-state index in [-0.39, 0.29) is 62.4 Å². The number of rotatable bonds is 10. The molecule has 4 atom stereocenters. The van der Waals surface area contributed by atoms with Gasteiger partial charge < -0.3 is 39.4 Å². The third-order valence-corrected chi connectivity index (χ3v) is 14.4. The molecule has 6 bridgehead atoms. The summed E-state index contributed by atoms with van der Waals surface area (Å²) in [5.41, 5.74) is 6.47. The smallest absolute Gasteiger partial charge is 0.355 e. The van der Waals surface area contributed by atoms with Gasteiger partial charge in [-0.15, -0.1) is 0 Å². The van der Waals surface area contributed by atoms with E-state index < -0.39 is 46.4 Å². The molecule has 0 radical (unpaired) electrons. The number of hydrogen-bond acceptors (Lipinski definition) is 10. The number of cyclic esters (lactones) is 1. The Hall–Kier alpha value is -6.03. The molecule has 15 heteroatoms. The number of esters is 1. The molecular formula is C53H66N6O9. The topological polar surface area (TPSA) is 183 Å². The van der Waals surface area contributed by atoms with Gasteiger partial charge in [0.1, 0.15) is 17.8 Å². The zero-order valence-corrected chi connectivity index (χ0v) is 40.2. The van der Waals surface area contributed by atoms with Gasteiger partial charge in [0.15, 0.2) is 0 Å². The van der Waals surface area contributed by atoms with Crippen LogP contribution in [-0.2, 0) is 59.3 Å². The summed E-state index contributed by atoms with van der Waals surface area (Å²) in [6.45, 7) is 15.7. The monoisotopic (exact) mass is 930 g/mol. The van der Waals surface area contributed by atoms with E-state index >= 15 is 0 Å². The van der Waals surface area contributed by atoms with Crippen LogP contribution in [0, 0.1) is 16.7 Å². The molecule has 3 fully saturated rings. The van der Waals surface area contributed by atoms with Gasteiger partial charge in [-0.2, -0.15) is 5.43 Å². The van der Waals surface area contributed by atoms with Crippen molar-refractivity contribution in [3.63, 3.8) is 0 Å². The second-order valence-corrected chi connectivity index (χ2v) is 20.3. The lowest BCUT2D eigenvalue weighted by molar-refractivity contribution is -0.189. The maximum absolute atomic E-state index is 14.8. The Morgan fingerprint density at radius 2 is 1.78 bits per heavy atom. The quantitative estimate of drug-likeness (QED) is 0.117. The number of fused-ring (bicyclic) bond motifs is 6. The zero-order valence-electron chi connectivity index (χ0n) is 40.2. The number of carbonyl (C=O) groups excluding carboxylic acids is 5. The van der Waals surface area contributed by atoms with Gasteiger partial charge in [0.05, 0.1) is 24.3 Å². The fraction of sp³-hybridized carbons (Fsp3) is 0.491. The van der Waals surface area contributed by atoms with Crippen molar-refractivity contribution in [1.29, 1.82) is 0 Å².